The Hall–Kier alpha value is -2.73. The number of hydrogen-bond acceptors (Lipinski definition) is 6. The van der Waals surface area contributed by atoms with Gasteiger partial charge in [-0.2, -0.15) is 0 Å². The van der Waals surface area contributed by atoms with Crippen LogP contribution in [0.15, 0.2) is 42.5 Å². The van der Waals surface area contributed by atoms with E-state index in [1.165, 1.54) is 12.7 Å². The van der Waals surface area contributed by atoms with Gasteiger partial charge in [-0.05, 0) is 23.3 Å². The molecule has 1 fully saturated rings. The van der Waals surface area contributed by atoms with Gasteiger partial charge in [0.1, 0.15) is 0 Å². The minimum absolute atomic E-state index is 0.0233. The van der Waals surface area contributed by atoms with Gasteiger partial charge in [-0.25, -0.2) is 0 Å². The van der Waals surface area contributed by atoms with Crippen LogP contribution in [0.3, 0.4) is 0 Å². The van der Waals surface area contributed by atoms with Crippen LogP contribution in [0, 0.1) is 5.92 Å². The van der Waals surface area contributed by atoms with Crippen LogP contribution >= 0.6 is 0 Å². The van der Waals surface area contributed by atoms with E-state index in [1.807, 2.05) is 30.3 Å². The first kappa shape index (κ1) is 20.0. The van der Waals surface area contributed by atoms with Gasteiger partial charge in [-0.1, -0.05) is 30.3 Å². The molecule has 28 heavy (non-hydrogen) atoms. The van der Waals surface area contributed by atoms with Gasteiger partial charge in [-0.15, -0.1) is 0 Å². The number of ether oxygens (including phenoxy) is 4. The minimum atomic E-state index is -0.253. The molecule has 0 amide bonds. The molecule has 0 N–H and O–H groups in total. The van der Waals surface area contributed by atoms with E-state index in [1.54, 1.807) is 21.3 Å². The summed E-state index contributed by atoms with van der Waals surface area (Å²) in [5.74, 6) is 1.24. The maximum atomic E-state index is 12.5. The maximum Gasteiger partial charge on any atom is 0.310 e. The van der Waals surface area contributed by atoms with Crippen molar-refractivity contribution in [2.75, 3.05) is 41.5 Å². The molecular weight excluding hydrogens is 358 g/mol. The molecule has 0 spiro atoms. The summed E-state index contributed by atoms with van der Waals surface area (Å²) in [5, 5.41) is 0. The van der Waals surface area contributed by atoms with Gasteiger partial charge in [-0.3, -0.25) is 9.69 Å². The summed E-state index contributed by atoms with van der Waals surface area (Å²) < 4.78 is 21.5. The predicted octanol–water partition coefficient (Wildman–Crippen LogP) is 3.10. The van der Waals surface area contributed by atoms with E-state index in [2.05, 4.69) is 17.0 Å². The van der Waals surface area contributed by atoms with E-state index >= 15 is 0 Å². The van der Waals surface area contributed by atoms with Crippen LogP contribution in [0.5, 0.6) is 17.2 Å². The van der Waals surface area contributed by atoms with Gasteiger partial charge in [0, 0.05) is 25.6 Å². The van der Waals surface area contributed by atoms with Crippen molar-refractivity contribution in [1.29, 1.82) is 0 Å². The SMILES string of the molecule is COC(=O)C1CN(Cc2ccccc2)CC1c1cc(OC)c(OC)c(OC)c1. The third kappa shape index (κ3) is 4.07. The number of hydrogen-bond donors (Lipinski definition) is 0. The van der Waals surface area contributed by atoms with Crippen LogP contribution < -0.4 is 14.2 Å². The molecule has 6 heteroatoms. The highest BCUT2D eigenvalue weighted by Gasteiger charge is 2.40. The molecule has 0 aromatic heterocycles. The predicted molar refractivity (Wildman–Crippen MR) is 106 cm³/mol. The van der Waals surface area contributed by atoms with Gasteiger partial charge in [0.05, 0.1) is 34.4 Å². The molecule has 3 rings (SSSR count). The van der Waals surface area contributed by atoms with E-state index in [9.17, 15) is 4.79 Å². The highest BCUT2D eigenvalue weighted by atomic mass is 16.5. The van der Waals surface area contributed by atoms with E-state index in [4.69, 9.17) is 18.9 Å². The standard InChI is InChI=1S/C22H27NO5/c1-25-19-10-16(11-20(26-2)21(19)27-3)17-13-23(14-18(17)22(24)28-4)12-15-8-6-5-7-9-15/h5-11,17-18H,12-14H2,1-4H3. The average Bonchev–Trinajstić information content (AvgIpc) is 3.16. The Labute approximate surface area is 166 Å². The number of carbonyl (C=O) groups excluding carboxylic acids is 1. The van der Waals surface area contributed by atoms with Crippen molar-refractivity contribution in [1.82, 2.24) is 4.90 Å². The molecule has 1 aliphatic rings. The fourth-order valence-corrected chi connectivity index (χ4v) is 3.90. The lowest BCUT2D eigenvalue weighted by Crippen LogP contribution is -2.24. The summed E-state index contributed by atoms with van der Waals surface area (Å²) in [6, 6.07) is 14.1. The number of rotatable bonds is 7. The molecular formula is C22H27NO5. The van der Waals surface area contributed by atoms with Crippen LogP contribution in [-0.2, 0) is 16.1 Å². The molecule has 0 radical (unpaired) electrons. The molecule has 2 aromatic rings. The zero-order chi connectivity index (χ0) is 20.1. The molecule has 2 aromatic carbocycles. The van der Waals surface area contributed by atoms with Gasteiger partial charge in [0.25, 0.3) is 0 Å². The first-order valence-electron chi connectivity index (χ1n) is 9.25. The second-order valence-corrected chi connectivity index (χ2v) is 6.87. The average molecular weight is 385 g/mol. The first-order chi connectivity index (χ1) is 13.6. The van der Waals surface area contributed by atoms with Crippen LogP contribution in [0.1, 0.15) is 17.0 Å². The minimum Gasteiger partial charge on any atom is -0.493 e. The Morgan fingerprint density at radius 1 is 0.964 bits per heavy atom. The molecule has 0 aliphatic carbocycles. The van der Waals surface area contributed by atoms with Crippen molar-refractivity contribution < 1.29 is 23.7 Å². The second kappa shape index (κ2) is 8.97. The van der Waals surface area contributed by atoms with Crippen molar-refractivity contribution in [2.24, 2.45) is 5.92 Å². The fraction of sp³-hybridized carbons (Fsp3) is 0.409. The highest BCUT2D eigenvalue weighted by Crippen LogP contribution is 2.43. The summed E-state index contributed by atoms with van der Waals surface area (Å²) in [6.07, 6.45) is 0. The smallest absolute Gasteiger partial charge is 0.310 e. The van der Waals surface area contributed by atoms with Gasteiger partial charge in [0.15, 0.2) is 11.5 Å². The largest absolute Gasteiger partial charge is 0.493 e. The number of benzene rings is 2. The quantitative estimate of drug-likeness (QED) is 0.683. The summed E-state index contributed by atoms with van der Waals surface area (Å²) in [4.78, 5) is 14.8. The van der Waals surface area contributed by atoms with Crippen LogP contribution in [0.25, 0.3) is 0 Å². The van der Waals surface area contributed by atoms with Gasteiger partial charge in [0.2, 0.25) is 5.75 Å². The summed E-state index contributed by atoms with van der Waals surface area (Å²) in [7, 11) is 6.20. The lowest BCUT2D eigenvalue weighted by atomic mass is 9.88. The maximum absolute atomic E-state index is 12.5. The van der Waals surface area contributed by atoms with Crippen LogP contribution in [0.4, 0.5) is 0 Å². The molecule has 2 unspecified atom stereocenters. The van der Waals surface area contributed by atoms with Crippen molar-refractivity contribution in [3.63, 3.8) is 0 Å². The van der Waals surface area contributed by atoms with E-state index in [-0.39, 0.29) is 17.8 Å². The van der Waals surface area contributed by atoms with Crippen LogP contribution in [-0.4, -0.2) is 52.4 Å². The summed E-state index contributed by atoms with van der Waals surface area (Å²) in [5.41, 5.74) is 2.19. The number of esters is 1. The number of nitrogens with zero attached hydrogens (tertiary/aromatic N) is 1. The Morgan fingerprint density at radius 2 is 1.61 bits per heavy atom. The molecule has 0 bridgehead atoms. The zero-order valence-corrected chi connectivity index (χ0v) is 16.8. The highest BCUT2D eigenvalue weighted by molar-refractivity contribution is 5.74. The zero-order valence-electron chi connectivity index (χ0n) is 16.8. The third-order valence-corrected chi connectivity index (χ3v) is 5.26. The number of likely N-dealkylation sites (tertiary alicyclic amines) is 1. The number of carbonyl (C=O) groups is 1. The van der Waals surface area contributed by atoms with Gasteiger partial charge >= 0.3 is 5.97 Å². The molecule has 6 nitrogen and oxygen atoms in total. The molecule has 1 heterocycles. The Bertz CT molecular complexity index is 783. The lowest BCUT2D eigenvalue weighted by Gasteiger charge is -2.20. The fourth-order valence-electron chi connectivity index (χ4n) is 3.90. The Kier molecular flexibility index (Phi) is 6.41. The third-order valence-electron chi connectivity index (χ3n) is 5.26. The monoisotopic (exact) mass is 385 g/mol. The van der Waals surface area contributed by atoms with Gasteiger partial charge < -0.3 is 18.9 Å². The van der Waals surface area contributed by atoms with Crippen molar-refractivity contribution in [2.45, 2.75) is 12.5 Å². The molecule has 1 aliphatic heterocycles. The van der Waals surface area contributed by atoms with E-state index in [0.29, 0.717) is 23.8 Å². The van der Waals surface area contributed by atoms with Crippen molar-refractivity contribution in [3.8, 4) is 17.2 Å². The Balaban J connectivity index is 1.92. The normalized spacial score (nSPS) is 19.3. The topological polar surface area (TPSA) is 57.2 Å². The summed E-state index contributed by atoms with van der Waals surface area (Å²) in [6.45, 7) is 2.17. The number of methoxy groups -OCH3 is 4. The molecule has 150 valence electrons. The summed E-state index contributed by atoms with van der Waals surface area (Å²) >= 11 is 0. The first-order valence-corrected chi connectivity index (χ1v) is 9.25. The molecule has 2 atom stereocenters. The lowest BCUT2D eigenvalue weighted by molar-refractivity contribution is -0.145. The molecule has 1 saturated heterocycles. The molecule has 0 saturated carbocycles. The van der Waals surface area contributed by atoms with E-state index in [0.717, 1.165) is 18.7 Å². The van der Waals surface area contributed by atoms with E-state index < -0.39 is 0 Å². The Morgan fingerprint density at radius 3 is 2.14 bits per heavy atom. The second-order valence-electron chi connectivity index (χ2n) is 6.87. The van der Waals surface area contributed by atoms with Crippen molar-refractivity contribution >= 4 is 5.97 Å². The van der Waals surface area contributed by atoms with Crippen molar-refractivity contribution in [3.05, 3.63) is 53.6 Å². The van der Waals surface area contributed by atoms with Crippen LogP contribution in [0.2, 0.25) is 0 Å².